The Bertz CT molecular complexity index is 1200. The number of H-pyrrole nitrogens is 1. The molecular formula is C29H34N4O2. The van der Waals surface area contributed by atoms with E-state index in [1.807, 2.05) is 42.5 Å². The Balaban J connectivity index is 1.25. The molecule has 2 aliphatic rings. The van der Waals surface area contributed by atoms with Crippen LogP contribution < -0.4 is 10.6 Å². The van der Waals surface area contributed by atoms with Gasteiger partial charge in [-0.05, 0) is 55.5 Å². The van der Waals surface area contributed by atoms with Crippen molar-refractivity contribution < 1.29 is 9.59 Å². The van der Waals surface area contributed by atoms with Gasteiger partial charge in [0.05, 0.1) is 17.0 Å². The lowest BCUT2D eigenvalue weighted by Crippen LogP contribution is -2.36. The maximum atomic E-state index is 12.8. The van der Waals surface area contributed by atoms with Crippen LogP contribution in [0.25, 0.3) is 22.4 Å². The van der Waals surface area contributed by atoms with Gasteiger partial charge in [-0.25, -0.2) is 4.98 Å². The highest BCUT2D eigenvalue weighted by Gasteiger charge is 2.25. The average molecular weight is 471 g/mol. The van der Waals surface area contributed by atoms with Gasteiger partial charge in [-0.3, -0.25) is 9.59 Å². The SMILES string of the molecule is C=CC(CC1CCC1)C(=O)Nc1ccc2nc(-c3ccc(C(=O)NC4CCCCC4)cc3)[nH]c2c1. The van der Waals surface area contributed by atoms with Crippen LogP contribution in [0.3, 0.4) is 0 Å². The number of rotatable bonds is 8. The molecule has 5 rings (SSSR count). The number of imidazole rings is 1. The van der Waals surface area contributed by atoms with Crippen LogP contribution in [-0.2, 0) is 4.79 Å². The Kier molecular flexibility index (Phi) is 6.98. The van der Waals surface area contributed by atoms with Crippen LogP contribution in [0.1, 0.15) is 68.1 Å². The summed E-state index contributed by atoms with van der Waals surface area (Å²) in [6.45, 7) is 3.87. The molecule has 0 saturated heterocycles. The topological polar surface area (TPSA) is 86.9 Å². The minimum atomic E-state index is -0.165. The quantitative estimate of drug-likeness (QED) is 0.341. The number of anilines is 1. The maximum Gasteiger partial charge on any atom is 0.251 e. The fraction of sp³-hybridized carbons (Fsp3) is 0.414. The van der Waals surface area contributed by atoms with E-state index in [1.54, 1.807) is 6.08 Å². The molecule has 0 aliphatic heterocycles. The molecule has 1 atom stereocenters. The molecule has 2 amide bonds. The monoisotopic (exact) mass is 470 g/mol. The summed E-state index contributed by atoms with van der Waals surface area (Å²) in [5.74, 6) is 1.20. The van der Waals surface area contributed by atoms with Crippen molar-refractivity contribution in [1.82, 2.24) is 15.3 Å². The van der Waals surface area contributed by atoms with E-state index >= 15 is 0 Å². The fourth-order valence-corrected chi connectivity index (χ4v) is 5.15. The van der Waals surface area contributed by atoms with E-state index in [-0.39, 0.29) is 17.7 Å². The predicted molar refractivity (Wildman–Crippen MR) is 140 cm³/mol. The Hall–Kier alpha value is -3.41. The molecule has 2 aliphatic carbocycles. The van der Waals surface area contributed by atoms with Crippen molar-refractivity contribution in [2.75, 3.05) is 5.32 Å². The molecule has 1 heterocycles. The molecule has 35 heavy (non-hydrogen) atoms. The van der Waals surface area contributed by atoms with Crippen molar-refractivity contribution in [3.05, 3.63) is 60.7 Å². The zero-order valence-corrected chi connectivity index (χ0v) is 20.2. The number of hydrogen-bond acceptors (Lipinski definition) is 3. The average Bonchev–Trinajstić information content (AvgIpc) is 3.27. The Morgan fingerprint density at radius 3 is 2.49 bits per heavy atom. The molecule has 0 spiro atoms. The van der Waals surface area contributed by atoms with Gasteiger partial charge in [-0.15, -0.1) is 6.58 Å². The van der Waals surface area contributed by atoms with Crippen LogP contribution in [0.5, 0.6) is 0 Å². The molecule has 2 fully saturated rings. The third-order valence-electron chi connectivity index (χ3n) is 7.54. The Morgan fingerprint density at radius 2 is 1.80 bits per heavy atom. The van der Waals surface area contributed by atoms with E-state index in [0.717, 1.165) is 47.4 Å². The number of aromatic amines is 1. The van der Waals surface area contributed by atoms with E-state index in [4.69, 9.17) is 4.98 Å². The maximum absolute atomic E-state index is 12.8. The molecule has 1 unspecified atom stereocenters. The summed E-state index contributed by atoms with van der Waals surface area (Å²) in [5, 5.41) is 6.20. The third kappa shape index (κ3) is 5.47. The molecule has 3 aromatic rings. The van der Waals surface area contributed by atoms with Crippen molar-refractivity contribution in [3.8, 4) is 11.4 Å². The van der Waals surface area contributed by atoms with Crippen molar-refractivity contribution in [2.24, 2.45) is 11.8 Å². The minimum absolute atomic E-state index is 0.00641. The molecule has 2 saturated carbocycles. The normalized spacial score (nSPS) is 17.5. The number of nitrogens with one attached hydrogen (secondary N) is 3. The number of carbonyl (C=O) groups is 2. The zero-order chi connectivity index (χ0) is 24.2. The third-order valence-corrected chi connectivity index (χ3v) is 7.54. The second-order valence-electron chi connectivity index (χ2n) is 10.1. The van der Waals surface area contributed by atoms with Gasteiger partial charge in [0.1, 0.15) is 5.82 Å². The number of nitrogens with zero attached hydrogens (tertiary/aromatic N) is 1. The summed E-state index contributed by atoms with van der Waals surface area (Å²) in [4.78, 5) is 33.4. The first kappa shape index (κ1) is 23.3. The molecule has 3 N–H and O–H groups in total. The summed E-state index contributed by atoms with van der Waals surface area (Å²) in [5.41, 5.74) is 4.00. The van der Waals surface area contributed by atoms with Crippen molar-refractivity contribution in [1.29, 1.82) is 0 Å². The standard InChI is InChI=1S/C29H34N4O2/c1-2-20(17-19-7-6-8-19)28(34)31-24-15-16-25-26(18-24)33-27(32-25)21-11-13-22(14-12-21)29(35)30-23-9-4-3-5-10-23/h2,11-16,18-20,23H,1,3-10,17H2,(H,30,35)(H,31,34)(H,32,33). The van der Waals surface area contributed by atoms with Crippen LogP contribution in [0.2, 0.25) is 0 Å². The van der Waals surface area contributed by atoms with Gasteiger partial charge in [0, 0.05) is 22.9 Å². The highest BCUT2D eigenvalue weighted by Crippen LogP contribution is 2.33. The van der Waals surface area contributed by atoms with Gasteiger partial charge in [0.15, 0.2) is 0 Å². The van der Waals surface area contributed by atoms with E-state index in [9.17, 15) is 9.59 Å². The fourth-order valence-electron chi connectivity index (χ4n) is 5.15. The summed E-state index contributed by atoms with van der Waals surface area (Å²) in [6.07, 6.45) is 12.1. The lowest BCUT2D eigenvalue weighted by Gasteiger charge is -2.27. The first-order chi connectivity index (χ1) is 17.1. The number of amides is 2. The predicted octanol–water partition coefficient (Wildman–Crippen LogP) is 6.22. The van der Waals surface area contributed by atoms with E-state index in [0.29, 0.717) is 17.5 Å². The minimum Gasteiger partial charge on any atom is -0.349 e. The summed E-state index contributed by atoms with van der Waals surface area (Å²) >= 11 is 0. The molecular weight excluding hydrogens is 436 g/mol. The Labute approximate surface area is 206 Å². The lowest BCUT2D eigenvalue weighted by atomic mass is 9.79. The van der Waals surface area contributed by atoms with Crippen LogP contribution in [0.15, 0.2) is 55.1 Å². The van der Waals surface area contributed by atoms with Crippen molar-refractivity contribution in [2.45, 2.75) is 63.8 Å². The molecule has 1 aromatic heterocycles. The number of benzene rings is 2. The van der Waals surface area contributed by atoms with E-state index < -0.39 is 0 Å². The van der Waals surface area contributed by atoms with E-state index in [2.05, 4.69) is 22.2 Å². The smallest absolute Gasteiger partial charge is 0.251 e. The first-order valence-corrected chi connectivity index (χ1v) is 12.9. The van der Waals surface area contributed by atoms with Crippen LogP contribution >= 0.6 is 0 Å². The van der Waals surface area contributed by atoms with Gasteiger partial charge in [-0.1, -0.05) is 56.7 Å². The summed E-state index contributed by atoms with van der Waals surface area (Å²) in [6, 6.07) is 13.5. The van der Waals surface area contributed by atoms with Crippen LogP contribution in [0, 0.1) is 11.8 Å². The second kappa shape index (κ2) is 10.5. The van der Waals surface area contributed by atoms with Crippen LogP contribution in [-0.4, -0.2) is 27.8 Å². The summed E-state index contributed by atoms with van der Waals surface area (Å²) in [7, 11) is 0. The van der Waals surface area contributed by atoms with Crippen LogP contribution in [0.4, 0.5) is 5.69 Å². The lowest BCUT2D eigenvalue weighted by molar-refractivity contribution is -0.119. The Morgan fingerprint density at radius 1 is 1.03 bits per heavy atom. The van der Waals surface area contributed by atoms with Crippen molar-refractivity contribution >= 4 is 28.5 Å². The first-order valence-electron chi connectivity index (χ1n) is 12.9. The molecule has 0 radical (unpaired) electrons. The molecule has 182 valence electrons. The number of carbonyl (C=O) groups excluding carboxylic acids is 2. The van der Waals surface area contributed by atoms with Gasteiger partial charge in [0.2, 0.25) is 5.91 Å². The molecule has 6 heteroatoms. The van der Waals surface area contributed by atoms with Gasteiger partial charge < -0.3 is 15.6 Å². The molecule has 6 nitrogen and oxygen atoms in total. The van der Waals surface area contributed by atoms with Gasteiger partial charge >= 0.3 is 0 Å². The largest absolute Gasteiger partial charge is 0.349 e. The highest BCUT2D eigenvalue weighted by molar-refractivity contribution is 5.96. The van der Waals surface area contributed by atoms with Crippen molar-refractivity contribution in [3.63, 3.8) is 0 Å². The van der Waals surface area contributed by atoms with E-state index in [1.165, 1.54) is 38.5 Å². The zero-order valence-electron chi connectivity index (χ0n) is 20.2. The number of aromatic nitrogens is 2. The number of fused-ring (bicyclic) bond motifs is 1. The second-order valence-corrected chi connectivity index (χ2v) is 10.1. The van der Waals surface area contributed by atoms with Gasteiger partial charge in [0.25, 0.3) is 5.91 Å². The number of hydrogen-bond donors (Lipinski definition) is 3. The van der Waals surface area contributed by atoms with Gasteiger partial charge in [-0.2, -0.15) is 0 Å². The molecule has 0 bridgehead atoms. The molecule has 2 aromatic carbocycles. The summed E-state index contributed by atoms with van der Waals surface area (Å²) < 4.78 is 0. The highest BCUT2D eigenvalue weighted by atomic mass is 16.2.